The highest BCUT2D eigenvalue weighted by Crippen LogP contribution is 2.00. The molecule has 0 saturated carbocycles. The molecule has 0 aliphatic rings. The number of rotatable bonds is 13. The van der Waals surface area contributed by atoms with Gasteiger partial charge in [0.1, 0.15) is 0 Å². The third-order valence-corrected chi connectivity index (χ3v) is 2.97. The van der Waals surface area contributed by atoms with Gasteiger partial charge in [-0.1, -0.05) is 26.7 Å². The monoisotopic (exact) mass is 244 g/mol. The summed E-state index contributed by atoms with van der Waals surface area (Å²) < 4.78 is 5.00. The fraction of sp³-hybridized carbons (Fsp3) is 1.00. The first-order chi connectivity index (χ1) is 8.35. The van der Waals surface area contributed by atoms with Gasteiger partial charge in [-0.15, -0.1) is 0 Å². The van der Waals surface area contributed by atoms with Crippen LogP contribution in [0.25, 0.3) is 0 Å². The van der Waals surface area contributed by atoms with E-state index in [1.165, 1.54) is 51.7 Å². The first kappa shape index (κ1) is 16.9. The zero-order valence-corrected chi connectivity index (χ0v) is 12.1. The zero-order valence-electron chi connectivity index (χ0n) is 12.1. The second-order valence-electron chi connectivity index (χ2n) is 4.65. The molecule has 3 heteroatoms. The van der Waals surface area contributed by atoms with E-state index in [4.69, 9.17) is 4.74 Å². The van der Waals surface area contributed by atoms with Crippen molar-refractivity contribution in [3.63, 3.8) is 0 Å². The normalized spacial score (nSPS) is 11.3. The highest BCUT2D eigenvalue weighted by molar-refractivity contribution is 4.59. The summed E-state index contributed by atoms with van der Waals surface area (Å²) in [5, 5.41) is 3.40. The average molecular weight is 244 g/mol. The number of nitrogens with zero attached hydrogens (tertiary/aromatic N) is 1. The van der Waals surface area contributed by atoms with E-state index in [0.29, 0.717) is 0 Å². The maximum atomic E-state index is 5.00. The third kappa shape index (κ3) is 12.1. The topological polar surface area (TPSA) is 24.5 Å². The van der Waals surface area contributed by atoms with Gasteiger partial charge in [0.05, 0.1) is 6.61 Å². The minimum atomic E-state index is 0.815. The average Bonchev–Trinajstić information content (AvgIpc) is 2.35. The van der Waals surface area contributed by atoms with Gasteiger partial charge in [-0.05, 0) is 45.4 Å². The van der Waals surface area contributed by atoms with Gasteiger partial charge in [0, 0.05) is 13.7 Å². The minimum absolute atomic E-state index is 0.815. The Morgan fingerprint density at radius 1 is 0.882 bits per heavy atom. The Bertz CT molecular complexity index is 134. The van der Waals surface area contributed by atoms with E-state index in [9.17, 15) is 0 Å². The largest absolute Gasteiger partial charge is 0.383 e. The van der Waals surface area contributed by atoms with Gasteiger partial charge < -0.3 is 15.0 Å². The van der Waals surface area contributed by atoms with Crippen molar-refractivity contribution in [3.8, 4) is 0 Å². The molecule has 0 aromatic rings. The third-order valence-electron chi connectivity index (χ3n) is 2.97. The van der Waals surface area contributed by atoms with Crippen molar-refractivity contribution in [3.05, 3.63) is 0 Å². The van der Waals surface area contributed by atoms with Crippen LogP contribution in [-0.4, -0.2) is 51.3 Å². The molecule has 0 fully saturated rings. The Hall–Kier alpha value is -0.120. The smallest absolute Gasteiger partial charge is 0.0587 e. The standard InChI is InChI=1S/C14H32N2O/c1-4-6-11-16(12-7-5-2)13-8-9-15-10-14-17-3/h15H,4-14H2,1-3H3. The summed E-state index contributed by atoms with van der Waals surface area (Å²) in [7, 11) is 1.75. The van der Waals surface area contributed by atoms with Crippen molar-refractivity contribution in [1.82, 2.24) is 10.2 Å². The van der Waals surface area contributed by atoms with Crippen molar-refractivity contribution in [2.24, 2.45) is 0 Å². The number of hydrogen-bond donors (Lipinski definition) is 1. The maximum Gasteiger partial charge on any atom is 0.0587 e. The highest BCUT2D eigenvalue weighted by Gasteiger charge is 2.02. The van der Waals surface area contributed by atoms with Crippen LogP contribution < -0.4 is 5.32 Å². The summed E-state index contributed by atoms with van der Waals surface area (Å²) in [6, 6.07) is 0. The molecule has 0 amide bonds. The lowest BCUT2D eigenvalue weighted by Gasteiger charge is -2.21. The number of unbranched alkanes of at least 4 members (excludes halogenated alkanes) is 2. The predicted octanol–water partition coefficient (Wildman–Crippen LogP) is 2.51. The van der Waals surface area contributed by atoms with E-state index in [1.54, 1.807) is 7.11 Å². The molecule has 3 nitrogen and oxygen atoms in total. The van der Waals surface area contributed by atoms with Crippen molar-refractivity contribution < 1.29 is 4.74 Å². The van der Waals surface area contributed by atoms with Crippen LogP contribution in [0.15, 0.2) is 0 Å². The molecule has 0 rings (SSSR count). The summed E-state index contributed by atoms with van der Waals surface area (Å²) >= 11 is 0. The molecule has 0 saturated heterocycles. The van der Waals surface area contributed by atoms with Gasteiger partial charge in [0.2, 0.25) is 0 Å². The summed E-state index contributed by atoms with van der Waals surface area (Å²) in [6.07, 6.45) is 6.52. The molecule has 17 heavy (non-hydrogen) atoms. The Morgan fingerprint density at radius 2 is 1.47 bits per heavy atom. The molecule has 0 bridgehead atoms. The molecule has 0 aliphatic heterocycles. The van der Waals surface area contributed by atoms with Crippen molar-refractivity contribution in [1.29, 1.82) is 0 Å². The fourth-order valence-corrected chi connectivity index (χ4v) is 1.83. The Morgan fingerprint density at radius 3 is 2.00 bits per heavy atom. The Labute approximate surface area is 108 Å². The van der Waals surface area contributed by atoms with Gasteiger partial charge in [-0.25, -0.2) is 0 Å². The Balaban J connectivity index is 3.45. The molecular formula is C14H32N2O. The van der Waals surface area contributed by atoms with E-state index < -0.39 is 0 Å². The quantitative estimate of drug-likeness (QED) is 0.504. The highest BCUT2D eigenvalue weighted by atomic mass is 16.5. The lowest BCUT2D eigenvalue weighted by molar-refractivity contribution is 0.198. The van der Waals surface area contributed by atoms with Crippen LogP contribution in [-0.2, 0) is 4.74 Å². The summed E-state index contributed by atoms with van der Waals surface area (Å²) in [6.45, 7) is 11.2. The van der Waals surface area contributed by atoms with Gasteiger partial charge in [-0.3, -0.25) is 0 Å². The molecule has 0 spiro atoms. The van der Waals surface area contributed by atoms with Crippen molar-refractivity contribution >= 4 is 0 Å². The molecule has 0 unspecified atom stereocenters. The maximum absolute atomic E-state index is 5.00. The van der Waals surface area contributed by atoms with Crippen LogP contribution in [0.5, 0.6) is 0 Å². The first-order valence-electron chi connectivity index (χ1n) is 7.27. The molecular weight excluding hydrogens is 212 g/mol. The lowest BCUT2D eigenvalue weighted by atomic mass is 10.2. The number of nitrogens with one attached hydrogen (secondary N) is 1. The van der Waals surface area contributed by atoms with Crippen molar-refractivity contribution in [2.45, 2.75) is 46.0 Å². The summed E-state index contributed by atoms with van der Waals surface area (Å²) in [4.78, 5) is 2.62. The van der Waals surface area contributed by atoms with Gasteiger partial charge in [0.15, 0.2) is 0 Å². The predicted molar refractivity (Wildman–Crippen MR) is 75.6 cm³/mol. The van der Waals surface area contributed by atoms with Crippen LogP contribution in [0.2, 0.25) is 0 Å². The van der Waals surface area contributed by atoms with Gasteiger partial charge >= 0.3 is 0 Å². The number of ether oxygens (including phenoxy) is 1. The van der Waals surface area contributed by atoms with Crippen LogP contribution in [0, 0.1) is 0 Å². The number of methoxy groups -OCH3 is 1. The number of hydrogen-bond acceptors (Lipinski definition) is 3. The minimum Gasteiger partial charge on any atom is -0.383 e. The molecule has 0 aromatic carbocycles. The molecule has 0 aromatic heterocycles. The lowest BCUT2D eigenvalue weighted by Crippen LogP contribution is -2.30. The van der Waals surface area contributed by atoms with Crippen LogP contribution in [0.1, 0.15) is 46.0 Å². The zero-order chi connectivity index (χ0) is 12.8. The van der Waals surface area contributed by atoms with Crippen molar-refractivity contribution in [2.75, 3.05) is 46.4 Å². The van der Waals surface area contributed by atoms with E-state index >= 15 is 0 Å². The van der Waals surface area contributed by atoms with E-state index in [-0.39, 0.29) is 0 Å². The summed E-state index contributed by atoms with van der Waals surface area (Å²) in [5.74, 6) is 0. The van der Waals surface area contributed by atoms with Crippen LogP contribution in [0.4, 0.5) is 0 Å². The molecule has 0 aliphatic carbocycles. The fourth-order valence-electron chi connectivity index (χ4n) is 1.83. The summed E-state index contributed by atoms with van der Waals surface area (Å²) in [5.41, 5.74) is 0. The second-order valence-corrected chi connectivity index (χ2v) is 4.65. The van der Waals surface area contributed by atoms with E-state index in [0.717, 1.165) is 19.7 Å². The van der Waals surface area contributed by atoms with Crippen LogP contribution in [0.3, 0.4) is 0 Å². The molecule has 0 heterocycles. The molecule has 0 atom stereocenters. The van der Waals surface area contributed by atoms with E-state index in [2.05, 4.69) is 24.1 Å². The van der Waals surface area contributed by atoms with E-state index in [1.807, 2.05) is 0 Å². The molecule has 104 valence electrons. The van der Waals surface area contributed by atoms with Crippen LogP contribution >= 0.6 is 0 Å². The first-order valence-corrected chi connectivity index (χ1v) is 7.27. The molecule has 0 radical (unpaired) electrons. The second kappa shape index (κ2) is 13.9. The Kier molecular flexibility index (Phi) is 13.8. The van der Waals surface area contributed by atoms with Gasteiger partial charge in [0.25, 0.3) is 0 Å². The van der Waals surface area contributed by atoms with Gasteiger partial charge in [-0.2, -0.15) is 0 Å². The SMILES string of the molecule is CCCCN(CCCC)CCCNCCOC. The molecule has 1 N–H and O–H groups in total.